The van der Waals surface area contributed by atoms with E-state index >= 15 is 0 Å². The Morgan fingerprint density at radius 3 is 2.64 bits per heavy atom. The molecule has 1 atom stereocenters. The second-order valence-electron chi connectivity index (χ2n) is 5.96. The predicted molar refractivity (Wildman–Crippen MR) is 107 cm³/mol. The molecule has 0 unspecified atom stereocenters. The summed E-state index contributed by atoms with van der Waals surface area (Å²) in [5.41, 5.74) is 1.31. The van der Waals surface area contributed by atoms with E-state index in [1.165, 1.54) is 11.8 Å². The van der Waals surface area contributed by atoms with Crippen LogP contribution in [0.2, 0.25) is 0 Å². The second kappa shape index (κ2) is 9.27. The number of anilines is 2. The lowest BCUT2D eigenvalue weighted by Gasteiger charge is -2.23. The molecule has 1 aliphatic rings. The van der Waals surface area contributed by atoms with Crippen molar-refractivity contribution in [2.24, 2.45) is 0 Å². The number of hydrogen-bond donors (Lipinski definition) is 2. The summed E-state index contributed by atoms with van der Waals surface area (Å²) in [4.78, 5) is 37.0. The molecule has 28 heavy (non-hydrogen) atoms. The molecule has 2 aromatic carbocycles. The number of esters is 1. The van der Waals surface area contributed by atoms with Crippen molar-refractivity contribution in [2.75, 3.05) is 23.8 Å². The fraction of sp³-hybridized carbons (Fsp3) is 0.250. The summed E-state index contributed by atoms with van der Waals surface area (Å²) in [5, 5.41) is 4.82. The molecule has 2 aromatic rings. The van der Waals surface area contributed by atoms with Gasteiger partial charge in [0.05, 0.1) is 24.0 Å². The number of amides is 2. The van der Waals surface area contributed by atoms with Crippen molar-refractivity contribution in [3.8, 4) is 5.75 Å². The predicted octanol–water partition coefficient (Wildman–Crippen LogP) is 3.07. The number of ether oxygens (including phenoxy) is 2. The highest BCUT2D eigenvalue weighted by atomic mass is 32.2. The van der Waals surface area contributed by atoms with Gasteiger partial charge in [0.1, 0.15) is 5.75 Å². The smallest absolute Gasteiger partial charge is 0.307 e. The van der Waals surface area contributed by atoms with Crippen LogP contribution in [0.25, 0.3) is 0 Å². The van der Waals surface area contributed by atoms with Crippen LogP contribution in [-0.4, -0.2) is 36.2 Å². The number of carbonyl (C=O) groups is 3. The molecule has 8 heteroatoms. The molecular formula is C20H20N2O5S. The fourth-order valence-electron chi connectivity index (χ4n) is 2.58. The maximum Gasteiger partial charge on any atom is 0.307 e. The lowest BCUT2D eigenvalue weighted by molar-refractivity contribution is -0.147. The molecule has 0 fully saturated rings. The number of benzene rings is 2. The summed E-state index contributed by atoms with van der Waals surface area (Å²) in [7, 11) is 0. The average Bonchev–Trinajstić information content (AvgIpc) is 2.69. The highest BCUT2D eigenvalue weighted by Gasteiger charge is 2.29. The Morgan fingerprint density at radius 1 is 1.14 bits per heavy atom. The largest absolute Gasteiger partial charge is 0.494 e. The van der Waals surface area contributed by atoms with Gasteiger partial charge in [-0.1, -0.05) is 12.1 Å². The zero-order valence-corrected chi connectivity index (χ0v) is 16.1. The molecule has 0 spiro atoms. The molecule has 2 amide bonds. The van der Waals surface area contributed by atoms with Gasteiger partial charge in [0.2, 0.25) is 5.91 Å². The molecular weight excluding hydrogens is 380 g/mol. The van der Waals surface area contributed by atoms with Gasteiger partial charge in [-0.2, -0.15) is 0 Å². The van der Waals surface area contributed by atoms with Gasteiger partial charge in [0.25, 0.3) is 5.91 Å². The van der Waals surface area contributed by atoms with Gasteiger partial charge in [-0.15, -0.1) is 11.8 Å². The van der Waals surface area contributed by atoms with E-state index in [2.05, 4.69) is 10.6 Å². The molecule has 0 aliphatic carbocycles. The first kappa shape index (κ1) is 19.8. The van der Waals surface area contributed by atoms with Crippen LogP contribution in [0.15, 0.2) is 53.4 Å². The summed E-state index contributed by atoms with van der Waals surface area (Å²) < 4.78 is 10.3. The minimum atomic E-state index is -0.603. The number of para-hydroxylation sites is 1. The van der Waals surface area contributed by atoms with Crippen molar-refractivity contribution in [1.82, 2.24) is 0 Å². The SMILES string of the molecule is CCOc1ccc(NC(=O)COC(=O)C[C@H]2Sc3ccccc3NC2=O)cc1. The number of nitrogens with one attached hydrogen (secondary N) is 2. The molecule has 1 aliphatic heterocycles. The van der Waals surface area contributed by atoms with Crippen LogP contribution in [0.1, 0.15) is 13.3 Å². The quantitative estimate of drug-likeness (QED) is 0.694. The molecule has 0 aromatic heterocycles. The van der Waals surface area contributed by atoms with Gasteiger partial charge in [0, 0.05) is 10.6 Å². The van der Waals surface area contributed by atoms with E-state index in [0.717, 1.165) is 10.6 Å². The number of thioether (sulfide) groups is 1. The summed E-state index contributed by atoms with van der Waals surface area (Å²) in [5.74, 6) is -0.603. The van der Waals surface area contributed by atoms with E-state index < -0.39 is 23.7 Å². The average molecular weight is 400 g/mol. The molecule has 0 saturated heterocycles. The van der Waals surface area contributed by atoms with Crippen LogP contribution in [-0.2, 0) is 19.1 Å². The van der Waals surface area contributed by atoms with E-state index in [0.29, 0.717) is 18.0 Å². The van der Waals surface area contributed by atoms with Gasteiger partial charge >= 0.3 is 5.97 Å². The van der Waals surface area contributed by atoms with Gasteiger partial charge in [-0.3, -0.25) is 14.4 Å². The number of carbonyl (C=O) groups excluding carboxylic acids is 3. The van der Waals surface area contributed by atoms with Crippen molar-refractivity contribution in [3.05, 3.63) is 48.5 Å². The highest BCUT2D eigenvalue weighted by Crippen LogP contribution is 2.36. The summed E-state index contributed by atoms with van der Waals surface area (Å²) >= 11 is 1.31. The molecule has 7 nitrogen and oxygen atoms in total. The first-order valence-electron chi connectivity index (χ1n) is 8.80. The standard InChI is InChI=1S/C20H20N2O5S/c1-2-26-14-9-7-13(8-10-14)21-18(23)12-27-19(24)11-17-20(25)22-15-5-3-4-6-16(15)28-17/h3-10,17H,2,11-12H2,1H3,(H,21,23)(H,22,25)/t17-/m1/s1. The fourth-order valence-corrected chi connectivity index (χ4v) is 3.68. The summed E-state index contributed by atoms with van der Waals surface area (Å²) in [6.07, 6.45) is -0.110. The lowest BCUT2D eigenvalue weighted by atomic mass is 10.2. The Morgan fingerprint density at radius 2 is 1.89 bits per heavy atom. The van der Waals surface area contributed by atoms with Crippen LogP contribution < -0.4 is 15.4 Å². The summed E-state index contributed by atoms with van der Waals surface area (Å²) in [6, 6.07) is 14.3. The van der Waals surface area contributed by atoms with Crippen LogP contribution in [0.5, 0.6) is 5.75 Å². The zero-order valence-electron chi connectivity index (χ0n) is 15.3. The van der Waals surface area contributed by atoms with Crippen LogP contribution in [0.4, 0.5) is 11.4 Å². The lowest BCUT2D eigenvalue weighted by Crippen LogP contribution is -2.32. The Kier molecular flexibility index (Phi) is 6.54. The minimum absolute atomic E-state index is 0.110. The number of hydrogen-bond acceptors (Lipinski definition) is 6. The molecule has 1 heterocycles. The van der Waals surface area contributed by atoms with E-state index in [1.807, 2.05) is 25.1 Å². The van der Waals surface area contributed by atoms with Crippen LogP contribution >= 0.6 is 11.8 Å². The molecule has 3 rings (SSSR count). The van der Waals surface area contributed by atoms with E-state index in [4.69, 9.17) is 9.47 Å². The van der Waals surface area contributed by atoms with Crippen molar-refractivity contribution in [1.29, 1.82) is 0 Å². The molecule has 2 N–H and O–H groups in total. The minimum Gasteiger partial charge on any atom is -0.494 e. The third-order valence-corrected chi connectivity index (χ3v) is 5.15. The van der Waals surface area contributed by atoms with E-state index in [1.54, 1.807) is 30.3 Å². The first-order chi connectivity index (χ1) is 13.5. The van der Waals surface area contributed by atoms with E-state index in [9.17, 15) is 14.4 Å². The Labute approximate surface area is 166 Å². The van der Waals surface area contributed by atoms with Gasteiger partial charge < -0.3 is 20.1 Å². The maximum absolute atomic E-state index is 12.1. The Balaban J connectivity index is 1.45. The number of rotatable bonds is 7. The normalized spacial score (nSPS) is 15.2. The summed E-state index contributed by atoms with van der Waals surface area (Å²) in [6.45, 7) is 2.03. The molecule has 0 saturated carbocycles. The monoisotopic (exact) mass is 400 g/mol. The van der Waals surface area contributed by atoms with Crippen LogP contribution in [0, 0.1) is 0 Å². The Hall–Kier alpha value is -3.00. The Bertz CT molecular complexity index is 869. The third-order valence-electron chi connectivity index (χ3n) is 3.87. The topological polar surface area (TPSA) is 93.7 Å². The zero-order chi connectivity index (χ0) is 19.9. The van der Waals surface area contributed by atoms with Gasteiger partial charge in [0.15, 0.2) is 6.61 Å². The van der Waals surface area contributed by atoms with Crippen LogP contribution in [0.3, 0.4) is 0 Å². The van der Waals surface area contributed by atoms with Gasteiger partial charge in [-0.25, -0.2) is 0 Å². The molecule has 146 valence electrons. The van der Waals surface area contributed by atoms with Gasteiger partial charge in [-0.05, 0) is 43.3 Å². The molecule has 0 bridgehead atoms. The number of fused-ring (bicyclic) bond motifs is 1. The van der Waals surface area contributed by atoms with Crippen molar-refractivity contribution in [2.45, 2.75) is 23.5 Å². The highest BCUT2D eigenvalue weighted by molar-refractivity contribution is 8.01. The van der Waals surface area contributed by atoms with Crippen molar-refractivity contribution < 1.29 is 23.9 Å². The second-order valence-corrected chi connectivity index (χ2v) is 7.21. The molecule has 0 radical (unpaired) electrons. The van der Waals surface area contributed by atoms with Crippen molar-refractivity contribution in [3.63, 3.8) is 0 Å². The first-order valence-corrected chi connectivity index (χ1v) is 9.68. The maximum atomic E-state index is 12.1. The third kappa shape index (κ3) is 5.26. The van der Waals surface area contributed by atoms with Crippen molar-refractivity contribution >= 4 is 40.9 Å². The van der Waals surface area contributed by atoms with E-state index in [-0.39, 0.29) is 12.3 Å².